The van der Waals surface area contributed by atoms with E-state index < -0.39 is 0 Å². The molecule has 3 rings (SSSR count). The zero-order valence-corrected chi connectivity index (χ0v) is 8.63. The SMILES string of the molecule is COC(=O)c1cc2c(o1)C1(CC1)CNC2. The lowest BCUT2D eigenvalue weighted by Gasteiger charge is -2.20. The number of ether oxygens (including phenoxy) is 1. The topological polar surface area (TPSA) is 51.5 Å². The molecule has 0 amide bonds. The summed E-state index contributed by atoms with van der Waals surface area (Å²) in [4.78, 5) is 11.3. The first kappa shape index (κ1) is 8.97. The number of carbonyl (C=O) groups is 1. The van der Waals surface area contributed by atoms with Gasteiger partial charge in [-0.3, -0.25) is 0 Å². The van der Waals surface area contributed by atoms with Gasteiger partial charge in [-0.05, 0) is 18.9 Å². The molecule has 0 radical (unpaired) electrons. The Labute approximate surface area is 87.6 Å². The van der Waals surface area contributed by atoms with E-state index >= 15 is 0 Å². The van der Waals surface area contributed by atoms with Crippen LogP contribution in [0.4, 0.5) is 0 Å². The van der Waals surface area contributed by atoms with E-state index in [2.05, 4.69) is 10.1 Å². The molecule has 0 atom stereocenters. The van der Waals surface area contributed by atoms with Crippen molar-refractivity contribution in [2.45, 2.75) is 24.8 Å². The van der Waals surface area contributed by atoms with Crippen molar-refractivity contribution in [3.05, 3.63) is 23.2 Å². The highest BCUT2D eigenvalue weighted by molar-refractivity contribution is 5.86. The Hall–Kier alpha value is -1.29. The van der Waals surface area contributed by atoms with Crippen molar-refractivity contribution < 1.29 is 13.9 Å². The van der Waals surface area contributed by atoms with E-state index in [0.29, 0.717) is 5.76 Å². The van der Waals surface area contributed by atoms with Gasteiger partial charge in [0.2, 0.25) is 5.76 Å². The predicted octanol–water partition coefficient (Wildman–Crippen LogP) is 1.20. The average Bonchev–Trinajstić information content (AvgIpc) is 2.87. The monoisotopic (exact) mass is 207 g/mol. The van der Waals surface area contributed by atoms with Crippen molar-refractivity contribution in [1.82, 2.24) is 5.32 Å². The Kier molecular flexibility index (Phi) is 1.71. The molecule has 1 spiro atoms. The van der Waals surface area contributed by atoms with Gasteiger partial charge in [-0.1, -0.05) is 0 Å². The lowest BCUT2D eigenvalue weighted by atomic mass is 9.96. The van der Waals surface area contributed by atoms with Crippen molar-refractivity contribution >= 4 is 5.97 Å². The van der Waals surface area contributed by atoms with Crippen molar-refractivity contribution in [2.24, 2.45) is 0 Å². The quantitative estimate of drug-likeness (QED) is 0.703. The zero-order valence-electron chi connectivity index (χ0n) is 8.63. The number of fused-ring (bicyclic) bond motifs is 2. The number of hydrogen-bond acceptors (Lipinski definition) is 4. The highest BCUT2D eigenvalue weighted by Gasteiger charge is 2.50. The molecule has 0 saturated heterocycles. The summed E-state index contributed by atoms with van der Waals surface area (Å²) in [5.41, 5.74) is 1.29. The van der Waals surface area contributed by atoms with Crippen LogP contribution in [-0.2, 0) is 16.7 Å². The van der Waals surface area contributed by atoms with Crippen LogP contribution in [0.15, 0.2) is 10.5 Å². The van der Waals surface area contributed by atoms with Crippen LogP contribution >= 0.6 is 0 Å². The first-order valence-electron chi connectivity index (χ1n) is 5.17. The third-order valence-corrected chi connectivity index (χ3v) is 3.31. The summed E-state index contributed by atoms with van der Waals surface area (Å²) >= 11 is 0. The number of furan rings is 1. The van der Waals surface area contributed by atoms with Gasteiger partial charge in [-0.25, -0.2) is 4.79 Å². The van der Waals surface area contributed by atoms with E-state index in [0.717, 1.165) is 37.3 Å². The average molecular weight is 207 g/mol. The second kappa shape index (κ2) is 2.85. The van der Waals surface area contributed by atoms with Gasteiger partial charge in [-0.2, -0.15) is 0 Å². The van der Waals surface area contributed by atoms with Crippen molar-refractivity contribution in [2.75, 3.05) is 13.7 Å². The molecular formula is C11H13NO3. The minimum Gasteiger partial charge on any atom is -0.463 e. The van der Waals surface area contributed by atoms with Gasteiger partial charge in [0.25, 0.3) is 0 Å². The molecule has 1 aromatic rings. The van der Waals surface area contributed by atoms with Crippen LogP contribution in [0.2, 0.25) is 0 Å². The molecule has 1 aliphatic carbocycles. The van der Waals surface area contributed by atoms with Gasteiger partial charge in [0, 0.05) is 24.1 Å². The number of esters is 1. The fourth-order valence-electron chi connectivity index (χ4n) is 2.28. The van der Waals surface area contributed by atoms with Gasteiger partial charge >= 0.3 is 5.97 Å². The highest BCUT2D eigenvalue weighted by Crippen LogP contribution is 2.51. The molecule has 1 N–H and O–H groups in total. The Balaban J connectivity index is 2.03. The Morgan fingerprint density at radius 2 is 2.40 bits per heavy atom. The molecule has 80 valence electrons. The smallest absolute Gasteiger partial charge is 0.373 e. The second-order valence-corrected chi connectivity index (χ2v) is 4.34. The van der Waals surface area contributed by atoms with Crippen LogP contribution in [0.3, 0.4) is 0 Å². The van der Waals surface area contributed by atoms with Crippen LogP contribution < -0.4 is 5.32 Å². The summed E-state index contributed by atoms with van der Waals surface area (Å²) in [7, 11) is 1.37. The number of carbonyl (C=O) groups excluding carboxylic acids is 1. The first-order valence-corrected chi connectivity index (χ1v) is 5.17. The molecule has 1 aliphatic heterocycles. The van der Waals surface area contributed by atoms with Gasteiger partial charge < -0.3 is 14.5 Å². The number of nitrogens with one attached hydrogen (secondary N) is 1. The molecule has 0 aromatic carbocycles. The number of hydrogen-bond donors (Lipinski definition) is 1. The van der Waals surface area contributed by atoms with Crippen molar-refractivity contribution in [3.8, 4) is 0 Å². The maximum atomic E-state index is 11.3. The third kappa shape index (κ3) is 1.21. The summed E-state index contributed by atoms with van der Waals surface area (Å²) < 4.78 is 10.3. The summed E-state index contributed by atoms with van der Waals surface area (Å²) in [5.74, 6) is 0.944. The fourth-order valence-corrected chi connectivity index (χ4v) is 2.28. The van der Waals surface area contributed by atoms with Gasteiger partial charge in [-0.15, -0.1) is 0 Å². The molecule has 4 nitrogen and oxygen atoms in total. The standard InChI is InChI=1S/C11H13NO3/c1-14-10(13)8-4-7-5-12-6-11(2-3-11)9(7)15-8/h4,12H,2-3,5-6H2,1H3. The second-order valence-electron chi connectivity index (χ2n) is 4.34. The largest absolute Gasteiger partial charge is 0.463 e. The molecule has 1 fully saturated rings. The van der Waals surface area contributed by atoms with Gasteiger partial charge in [0.15, 0.2) is 0 Å². The van der Waals surface area contributed by atoms with Crippen LogP contribution in [0.5, 0.6) is 0 Å². The molecule has 0 unspecified atom stereocenters. The van der Waals surface area contributed by atoms with E-state index in [1.54, 1.807) is 6.07 Å². The van der Waals surface area contributed by atoms with E-state index in [1.807, 2.05) is 0 Å². The minimum absolute atomic E-state index is 0.180. The number of rotatable bonds is 1. The minimum atomic E-state index is -0.389. The van der Waals surface area contributed by atoms with Crippen molar-refractivity contribution in [1.29, 1.82) is 0 Å². The lowest BCUT2D eigenvalue weighted by molar-refractivity contribution is 0.0562. The predicted molar refractivity (Wildman–Crippen MR) is 52.7 cm³/mol. The summed E-state index contributed by atoms with van der Waals surface area (Å²) in [6, 6.07) is 1.80. The van der Waals surface area contributed by atoms with Crippen molar-refractivity contribution in [3.63, 3.8) is 0 Å². The van der Waals surface area contributed by atoms with Gasteiger partial charge in [0.05, 0.1) is 7.11 Å². The normalized spacial score (nSPS) is 21.1. The van der Waals surface area contributed by atoms with E-state index in [4.69, 9.17) is 4.42 Å². The number of methoxy groups -OCH3 is 1. The van der Waals surface area contributed by atoms with E-state index in [-0.39, 0.29) is 11.4 Å². The Bertz CT molecular complexity index is 417. The molecule has 15 heavy (non-hydrogen) atoms. The van der Waals surface area contributed by atoms with Crippen LogP contribution in [0.25, 0.3) is 0 Å². The van der Waals surface area contributed by atoms with Crippen LogP contribution in [0.1, 0.15) is 34.7 Å². The van der Waals surface area contributed by atoms with Crippen LogP contribution in [-0.4, -0.2) is 19.6 Å². The summed E-state index contributed by atoms with van der Waals surface area (Å²) in [6.45, 7) is 1.76. The summed E-state index contributed by atoms with van der Waals surface area (Å²) in [5, 5.41) is 3.35. The molecule has 4 heteroatoms. The third-order valence-electron chi connectivity index (χ3n) is 3.31. The van der Waals surface area contributed by atoms with E-state index in [9.17, 15) is 4.79 Å². The fraction of sp³-hybridized carbons (Fsp3) is 0.545. The maximum absolute atomic E-state index is 11.3. The molecular weight excluding hydrogens is 194 g/mol. The molecule has 1 aromatic heterocycles. The van der Waals surface area contributed by atoms with Gasteiger partial charge in [0.1, 0.15) is 5.76 Å². The molecule has 2 aliphatic rings. The van der Waals surface area contributed by atoms with Crippen LogP contribution in [0, 0.1) is 0 Å². The lowest BCUT2D eigenvalue weighted by Crippen LogP contribution is -2.32. The highest BCUT2D eigenvalue weighted by atomic mass is 16.5. The Morgan fingerprint density at radius 3 is 3.07 bits per heavy atom. The zero-order chi connectivity index (χ0) is 10.5. The molecule has 0 bridgehead atoms. The maximum Gasteiger partial charge on any atom is 0.373 e. The van der Waals surface area contributed by atoms with E-state index in [1.165, 1.54) is 7.11 Å². The first-order chi connectivity index (χ1) is 7.25. The molecule has 2 heterocycles. The Morgan fingerprint density at radius 1 is 1.60 bits per heavy atom. The summed E-state index contributed by atoms with van der Waals surface area (Å²) in [6.07, 6.45) is 2.31. The molecule has 1 saturated carbocycles.